The van der Waals surface area contributed by atoms with Crippen molar-refractivity contribution in [2.24, 2.45) is 0 Å². The molecule has 2 nitrogen and oxygen atoms in total. The highest BCUT2D eigenvalue weighted by Gasteiger charge is 2.15. The van der Waals surface area contributed by atoms with Gasteiger partial charge < -0.3 is 10.2 Å². The van der Waals surface area contributed by atoms with E-state index in [0.29, 0.717) is 6.04 Å². The third-order valence-electron chi connectivity index (χ3n) is 2.77. The second-order valence-corrected chi connectivity index (χ2v) is 4.14. The Morgan fingerprint density at radius 2 is 2.00 bits per heavy atom. The van der Waals surface area contributed by atoms with Crippen molar-refractivity contribution in [1.82, 2.24) is 5.32 Å². The molecule has 0 aliphatic carbocycles. The first-order chi connectivity index (χ1) is 6.75. The lowest BCUT2D eigenvalue weighted by atomic mass is 10.1. The second kappa shape index (κ2) is 4.01. The number of hydrogen-bond donors (Lipinski definition) is 1. The summed E-state index contributed by atoms with van der Waals surface area (Å²) < 4.78 is 0. The first-order valence-corrected chi connectivity index (χ1v) is 5.31. The van der Waals surface area contributed by atoms with E-state index in [9.17, 15) is 0 Å². The first kappa shape index (κ1) is 9.53. The van der Waals surface area contributed by atoms with Gasteiger partial charge in [-0.05, 0) is 26.0 Å². The molecule has 2 heteroatoms. The summed E-state index contributed by atoms with van der Waals surface area (Å²) in [6.45, 7) is 7.69. The van der Waals surface area contributed by atoms with Gasteiger partial charge in [0.15, 0.2) is 0 Å². The Morgan fingerprint density at radius 1 is 1.29 bits per heavy atom. The molecule has 14 heavy (non-hydrogen) atoms. The Hall–Kier alpha value is -1.02. The van der Waals surface area contributed by atoms with Gasteiger partial charge in [0.1, 0.15) is 0 Å². The molecule has 1 atom stereocenters. The van der Waals surface area contributed by atoms with Crippen LogP contribution < -0.4 is 10.2 Å². The van der Waals surface area contributed by atoms with E-state index in [2.05, 4.69) is 48.3 Å². The molecule has 1 aliphatic heterocycles. The summed E-state index contributed by atoms with van der Waals surface area (Å²) in [4.78, 5) is 2.45. The molecule has 0 spiro atoms. The van der Waals surface area contributed by atoms with Crippen LogP contribution in [0.4, 0.5) is 5.69 Å². The van der Waals surface area contributed by atoms with E-state index < -0.39 is 0 Å². The van der Waals surface area contributed by atoms with Crippen molar-refractivity contribution < 1.29 is 0 Å². The van der Waals surface area contributed by atoms with Crippen molar-refractivity contribution >= 4 is 5.69 Å². The van der Waals surface area contributed by atoms with Gasteiger partial charge in [0, 0.05) is 31.4 Å². The predicted molar refractivity (Wildman–Crippen MR) is 60.9 cm³/mol. The third kappa shape index (κ3) is 2.07. The van der Waals surface area contributed by atoms with Crippen molar-refractivity contribution in [3.8, 4) is 0 Å². The largest absolute Gasteiger partial charge is 0.369 e. The molecular weight excluding hydrogens is 172 g/mol. The molecule has 76 valence electrons. The van der Waals surface area contributed by atoms with Crippen LogP contribution in [0.25, 0.3) is 0 Å². The fourth-order valence-corrected chi connectivity index (χ4v) is 1.92. The van der Waals surface area contributed by atoms with Crippen LogP contribution in [0.3, 0.4) is 0 Å². The molecule has 1 saturated heterocycles. The molecule has 0 unspecified atom stereocenters. The number of benzene rings is 1. The maximum absolute atomic E-state index is 3.45. The minimum atomic E-state index is 0.602. The Balaban J connectivity index is 2.10. The normalized spacial score (nSPS) is 22.4. The van der Waals surface area contributed by atoms with E-state index in [-0.39, 0.29) is 0 Å². The van der Waals surface area contributed by atoms with Gasteiger partial charge >= 0.3 is 0 Å². The Kier molecular flexibility index (Phi) is 2.73. The fourth-order valence-electron chi connectivity index (χ4n) is 1.92. The number of anilines is 1. The van der Waals surface area contributed by atoms with Gasteiger partial charge in [0.05, 0.1) is 0 Å². The molecule has 2 rings (SSSR count). The van der Waals surface area contributed by atoms with Gasteiger partial charge in [-0.3, -0.25) is 0 Å². The van der Waals surface area contributed by atoms with Crippen molar-refractivity contribution in [2.75, 3.05) is 24.5 Å². The lowest BCUT2D eigenvalue weighted by molar-refractivity contribution is 0.485. The lowest BCUT2D eigenvalue weighted by Gasteiger charge is -2.33. The van der Waals surface area contributed by atoms with E-state index in [0.717, 1.165) is 19.6 Å². The fraction of sp³-hybridized carbons (Fsp3) is 0.500. The predicted octanol–water partition coefficient (Wildman–Crippen LogP) is 1.79. The molecule has 1 aromatic carbocycles. The quantitative estimate of drug-likeness (QED) is 0.726. The standard InChI is InChI=1S/C12H18N2/c1-10-3-5-12(6-4-10)14-8-7-13-11(2)9-14/h3-6,11,13H,7-9H2,1-2H3/t11-/m1/s1. The highest BCUT2D eigenvalue weighted by molar-refractivity contribution is 5.48. The highest BCUT2D eigenvalue weighted by Crippen LogP contribution is 2.16. The minimum absolute atomic E-state index is 0.602. The Morgan fingerprint density at radius 3 is 2.64 bits per heavy atom. The highest BCUT2D eigenvalue weighted by atomic mass is 15.2. The van der Waals surface area contributed by atoms with E-state index in [1.165, 1.54) is 11.3 Å². The van der Waals surface area contributed by atoms with Crippen LogP contribution in [0, 0.1) is 6.92 Å². The maximum atomic E-state index is 3.45. The molecule has 1 heterocycles. The lowest BCUT2D eigenvalue weighted by Crippen LogP contribution is -2.49. The average Bonchev–Trinajstić information content (AvgIpc) is 2.19. The van der Waals surface area contributed by atoms with E-state index >= 15 is 0 Å². The zero-order valence-electron chi connectivity index (χ0n) is 8.96. The minimum Gasteiger partial charge on any atom is -0.369 e. The molecule has 1 aliphatic rings. The molecule has 0 bridgehead atoms. The van der Waals surface area contributed by atoms with E-state index in [1.54, 1.807) is 0 Å². The Bertz CT molecular complexity index is 292. The molecule has 1 N–H and O–H groups in total. The molecule has 0 radical (unpaired) electrons. The summed E-state index contributed by atoms with van der Waals surface area (Å²) in [5.74, 6) is 0. The molecule has 0 aromatic heterocycles. The summed E-state index contributed by atoms with van der Waals surface area (Å²) in [5.41, 5.74) is 2.68. The van der Waals surface area contributed by atoms with Crippen molar-refractivity contribution in [2.45, 2.75) is 19.9 Å². The molecular formula is C12H18N2. The topological polar surface area (TPSA) is 15.3 Å². The number of hydrogen-bond acceptors (Lipinski definition) is 2. The van der Waals surface area contributed by atoms with Crippen LogP contribution in [0.5, 0.6) is 0 Å². The van der Waals surface area contributed by atoms with E-state index in [1.807, 2.05) is 0 Å². The maximum Gasteiger partial charge on any atom is 0.0367 e. The van der Waals surface area contributed by atoms with Crippen LogP contribution in [-0.2, 0) is 0 Å². The second-order valence-electron chi connectivity index (χ2n) is 4.14. The van der Waals surface area contributed by atoms with Gasteiger partial charge in [-0.2, -0.15) is 0 Å². The third-order valence-corrected chi connectivity index (χ3v) is 2.77. The van der Waals surface area contributed by atoms with Gasteiger partial charge in [0.25, 0.3) is 0 Å². The number of nitrogens with zero attached hydrogens (tertiary/aromatic N) is 1. The summed E-state index contributed by atoms with van der Waals surface area (Å²) in [6, 6.07) is 9.40. The number of nitrogens with one attached hydrogen (secondary N) is 1. The number of rotatable bonds is 1. The molecule has 0 amide bonds. The summed E-state index contributed by atoms with van der Waals surface area (Å²) in [7, 11) is 0. The first-order valence-electron chi connectivity index (χ1n) is 5.31. The molecule has 1 aromatic rings. The monoisotopic (exact) mass is 190 g/mol. The van der Waals surface area contributed by atoms with Crippen LogP contribution in [0.15, 0.2) is 24.3 Å². The van der Waals surface area contributed by atoms with Gasteiger partial charge in [-0.25, -0.2) is 0 Å². The zero-order chi connectivity index (χ0) is 9.97. The zero-order valence-corrected chi connectivity index (χ0v) is 8.96. The van der Waals surface area contributed by atoms with Crippen molar-refractivity contribution in [1.29, 1.82) is 0 Å². The SMILES string of the molecule is Cc1ccc(N2CCN[C@H](C)C2)cc1. The summed E-state index contributed by atoms with van der Waals surface area (Å²) in [5, 5.41) is 3.45. The smallest absolute Gasteiger partial charge is 0.0367 e. The van der Waals surface area contributed by atoms with Crippen molar-refractivity contribution in [3.05, 3.63) is 29.8 Å². The summed E-state index contributed by atoms with van der Waals surface area (Å²) in [6.07, 6.45) is 0. The van der Waals surface area contributed by atoms with Crippen LogP contribution in [0.1, 0.15) is 12.5 Å². The van der Waals surface area contributed by atoms with Gasteiger partial charge in [-0.15, -0.1) is 0 Å². The van der Waals surface area contributed by atoms with Crippen LogP contribution in [0.2, 0.25) is 0 Å². The number of piperazine rings is 1. The van der Waals surface area contributed by atoms with Gasteiger partial charge in [0.2, 0.25) is 0 Å². The van der Waals surface area contributed by atoms with Gasteiger partial charge in [-0.1, -0.05) is 17.7 Å². The number of aryl methyl sites for hydroxylation is 1. The van der Waals surface area contributed by atoms with E-state index in [4.69, 9.17) is 0 Å². The Labute approximate surface area is 85.9 Å². The van der Waals surface area contributed by atoms with Crippen LogP contribution in [-0.4, -0.2) is 25.7 Å². The van der Waals surface area contributed by atoms with Crippen LogP contribution >= 0.6 is 0 Å². The van der Waals surface area contributed by atoms with Crippen molar-refractivity contribution in [3.63, 3.8) is 0 Å². The average molecular weight is 190 g/mol. The molecule has 1 fully saturated rings. The summed E-state index contributed by atoms with van der Waals surface area (Å²) >= 11 is 0. The molecule has 0 saturated carbocycles.